The maximum absolute atomic E-state index is 5.54. The number of rotatable bonds is 1. The third-order valence-electron chi connectivity index (χ3n) is 2.70. The van der Waals surface area contributed by atoms with Crippen LogP contribution in [-0.2, 0) is 0 Å². The van der Waals surface area contributed by atoms with Gasteiger partial charge in [0.1, 0.15) is 0 Å². The zero-order chi connectivity index (χ0) is 10.8. The summed E-state index contributed by atoms with van der Waals surface area (Å²) >= 11 is 2.04. The van der Waals surface area contributed by atoms with Crippen molar-refractivity contribution in [3.8, 4) is 0 Å². The van der Waals surface area contributed by atoms with Gasteiger partial charge >= 0.3 is 0 Å². The molecule has 1 saturated carbocycles. The van der Waals surface area contributed by atoms with Crippen LogP contribution >= 0.6 is 11.8 Å². The first-order valence-electron chi connectivity index (χ1n) is 5.64. The van der Waals surface area contributed by atoms with Gasteiger partial charge in [0.15, 0.2) is 0 Å². The minimum absolute atomic E-state index is 0.524. The predicted molar refractivity (Wildman–Crippen MR) is 65.9 cm³/mol. The molecule has 2 aliphatic rings. The molecule has 86 valence electrons. The molecule has 15 heavy (non-hydrogen) atoms. The van der Waals surface area contributed by atoms with E-state index in [2.05, 4.69) is 29.2 Å². The number of nitrogens with two attached hydrogens (primary N) is 1. The highest BCUT2D eigenvalue weighted by molar-refractivity contribution is 8.00. The van der Waals surface area contributed by atoms with Gasteiger partial charge in [-0.2, -0.15) is 11.8 Å². The summed E-state index contributed by atoms with van der Waals surface area (Å²) in [7, 11) is 0. The highest BCUT2D eigenvalue weighted by Gasteiger charge is 2.27. The molecule has 0 aromatic rings. The van der Waals surface area contributed by atoms with Crippen LogP contribution in [0.5, 0.6) is 0 Å². The van der Waals surface area contributed by atoms with Gasteiger partial charge in [-0.3, -0.25) is 5.43 Å². The molecule has 1 heterocycles. The van der Waals surface area contributed by atoms with E-state index in [0.717, 1.165) is 19.0 Å². The molecule has 0 aromatic carbocycles. The van der Waals surface area contributed by atoms with Gasteiger partial charge < -0.3 is 4.90 Å². The van der Waals surface area contributed by atoms with E-state index in [1.165, 1.54) is 12.8 Å². The molecule has 0 radical (unpaired) electrons. The van der Waals surface area contributed by atoms with Crippen molar-refractivity contribution in [2.24, 2.45) is 10.8 Å². The van der Waals surface area contributed by atoms with E-state index in [1.807, 2.05) is 11.8 Å². The number of nitrogens with zero attached hydrogens (tertiary/aromatic N) is 2. The summed E-state index contributed by atoms with van der Waals surface area (Å²) in [5.74, 6) is 6.43. The third kappa shape index (κ3) is 3.01. The molecule has 0 bridgehead atoms. The number of hydrazine groups is 1. The van der Waals surface area contributed by atoms with Gasteiger partial charge in [-0.25, -0.2) is 10.8 Å². The highest BCUT2D eigenvalue weighted by atomic mass is 32.2. The fraction of sp³-hybridized carbons (Fsp3) is 0.900. The monoisotopic (exact) mass is 228 g/mol. The average molecular weight is 228 g/mol. The van der Waals surface area contributed by atoms with Crippen LogP contribution in [-0.4, -0.2) is 40.5 Å². The summed E-state index contributed by atoms with van der Waals surface area (Å²) in [5, 5.41) is 1.32. The minimum atomic E-state index is 0.524. The summed E-state index contributed by atoms with van der Waals surface area (Å²) in [6.45, 7) is 6.62. The predicted octanol–water partition coefficient (Wildman–Crippen LogP) is 0.794. The van der Waals surface area contributed by atoms with Crippen LogP contribution in [0.1, 0.15) is 26.7 Å². The molecule has 2 unspecified atom stereocenters. The Balaban J connectivity index is 1.99. The Kier molecular flexibility index (Phi) is 3.41. The molecular weight excluding hydrogens is 208 g/mol. The van der Waals surface area contributed by atoms with Crippen molar-refractivity contribution >= 4 is 17.7 Å². The van der Waals surface area contributed by atoms with Gasteiger partial charge in [-0.1, -0.05) is 13.8 Å². The molecule has 0 amide bonds. The van der Waals surface area contributed by atoms with Crippen LogP contribution in [0.25, 0.3) is 0 Å². The van der Waals surface area contributed by atoms with Crippen LogP contribution in [0.2, 0.25) is 0 Å². The topological polar surface area (TPSA) is 53.6 Å². The molecule has 5 heteroatoms. The van der Waals surface area contributed by atoms with Crippen molar-refractivity contribution in [3.63, 3.8) is 0 Å². The van der Waals surface area contributed by atoms with Crippen LogP contribution in [0.3, 0.4) is 0 Å². The Hall–Kier alpha value is -0.420. The van der Waals surface area contributed by atoms with Gasteiger partial charge in [0.2, 0.25) is 5.96 Å². The molecule has 1 aliphatic heterocycles. The van der Waals surface area contributed by atoms with E-state index >= 15 is 0 Å². The normalized spacial score (nSPS) is 33.0. The third-order valence-corrected chi connectivity index (χ3v) is 3.93. The van der Waals surface area contributed by atoms with Crippen LogP contribution in [0.15, 0.2) is 4.99 Å². The Morgan fingerprint density at radius 3 is 2.40 bits per heavy atom. The first kappa shape index (κ1) is 11.1. The molecule has 4 nitrogen and oxygen atoms in total. The fourth-order valence-corrected chi connectivity index (χ4v) is 3.26. The quantitative estimate of drug-likeness (QED) is 0.302. The number of guanidine groups is 1. The zero-order valence-corrected chi connectivity index (χ0v) is 10.3. The molecule has 3 N–H and O–H groups in total. The maximum Gasteiger partial charge on any atom is 0.208 e. The lowest BCUT2D eigenvalue weighted by molar-refractivity contribution is 0.394. The number of aliphatic imine (C=N–C) groups is 1. The molecule has 1 aliphatic carbocycles. The second-order valence-corrected chi connectivity index (χ2v) is 6.37. The molecule has 2 rings (SSSR count). The van der Waals surface area contributed by atoms with Crippen molar-refractivity contribution < 1.29 is 0 Å². The van der Waals surface area contributed by atoms with Crippen LogP contribution in [0, 0.1) is 0 Å². The summed E-state index contributed by atoms with van der Waals surface area (Å²) < 4.78 is 0. The van der Waals surface area contributed by atoms with Crippen LogP contribution < -0.4 is 11.3 Å². The van der Waals surface area contributed by atoms with Crippen molar-refractivity contribution in [1.82, 2.24) is 10.3 Å². The van der Waals surface area contributed by atoms with Gasteiger partial charge in [0.05, 0.1) is 6.04 Å². The number of nitrogens with one attached hydrogen (secondary N) is 1. The lowest BCUT2D eigenvalue weighted by Gasteiger charge is -2.36. The number of thioether (sulfide) groups is 1. The van der Waals surface area contributed by atoms with Crippen molar-refractivity contribution in [1.29, 1.82) is 0 Å². The summed E-state index contributed by atoms with van der Waals surface area (Å²) in [6.07, 6.45) is 2.44. The van der Waals surface area contributed by atoms with E-state index in [9.17, 15) is 0 Å². The first-order valence-corrected chi connectivity index (χ1v) is 6.58. The summed E-state index contributed by atoms with van der Waals surface area (Å²) in [5.41, 5.74) is 2.75. The molecule has 2 atom stereocenters. The lowest BCUT2D eigenvalue weighted by atomic mass is 10.3. The van der Waals surface area contributed by atoms with Gasteiger partial charge in [-0.15, -0.1) is 0 Å². The maximum atomic E-state index is 5.54. The molecule has 0 spiro atoms. The van der Waals surface area contributed by atoms with Crippen molar-refractivity contribution in [2.45, 2.75) is 43.2 Å². The van der Waals surface area contributed by atoms with E-state index < -0.39 is 0 Å². The Bertz CT molecular complexity index is 242. The minimum Gasteiger partial charge on any atom is -0.340 e. The first-order chi connectivity index (χ1) is 7.19. The van der Waals surface area contributed by atoms with Gasteiger partial charge in [0, 0.05) is 23.6 Å². The van der Waals surface area contributed by atoms with Gasteiger partial charge in [0.25, 0.3) is 0 Å². The summed E-state index contributed by atoms with van der Waals surface area (Å²) in [6, 6.07) is 0.524. The van der Waals surface area contributed by atoms with E-state index in [0.29, 0.717) is 16.5 Å². The standard InChI is InChI=1S/C10H20N4S/c1-7-5-14(6-8(2)15-7)10(13-11)12-9-3-4-9/h7-9H,3-6,11H2,1-2H3,(H,12,13). The number of hydrogen-bond acceptors (Lipinski definition) is 3. The average Bonchev–Trinajstić information content (AvgIpc) is 2.96. The highest BCUT2D eigenvalue weighted by Crippen LogP contribution is 2.27. The number of hydrogen-bond donors (Lipinski definition) is 2. The summed E-state index contributed by atoms with van der Waals surface area (Å²) in [4.78, 5) is 6.88. The lowest BCUT2D eigenvalue weighted by Crippen LogP contribution is -2.51. The Labute approximate surface area is 95.7 Å². The van der Waals surface area contributed by atoms with Crippen LogP contribution in [0.4, 0.5) is 0 Å². The molecule has 0 aromatic heterocycles. The van der Waals surface area contributed by atoms with E-state index in [1.54, 1.807) is 0 Å². The Morgan fingerprint density at radius 1 is 1.33 bits per heavy atom. The molecular formula is C10H20N4S. The SMILES string of the molecule is CC1CN(C(=NC2CC2)NN)CC(C)S1. The van der Waals surface area contributed by atoms with Crippen molar-refractivity contribution in [3.05, 3.63) is 0 Å². The smallest absolute Gasteiger partial charge is 0.208 e. The largest absolute Gasteiger partial charge is 0.340 e. The van der Waals surface area contributed by atoms with E-state index in [-0.39, 0.29) is 0 Å². The zero-order valence-electron chi connectivity index (χ0n) is 9.44. The fourth-order valence-electron chi connectivity index (χ4n) is 1.94. The van der Waals surface area contributed by atoms with Gasteiger partial charge in [-0.05, 0) is 12.8 Å². The second-order valence-electron chi connectivity index (χ2n) is 4.49. The molecule has 2 fully saturated rings. The van der Waals surface area contributed by atoms with Crippen molar-refractivity contribution in [2.75, 3.05) is 13.1 Å². The second kappa shape index (κ2) is 4.61. The Morgan fingerprint density at radius 2 is 1.93 bits per heavy atom. The van der Waals surface area contributed by atoms with E-state index in [4.69, 9.17) is 5.84 Å². The molecule has 1 saturated heterocycles.